The lowest BCUT2D eigenvalue weighted by Gasteiger charge is -1.73. The minimum atomic E-state index is 0.181. The Balaban J connectivity index is 1.97. The van der Waals surface area contributed by atoms with E-state index >= 15 is 0 Å². The molecule has 0 aliphatic carbocycles. The first-order valence-electron chi connectivity index (χ1n) is 0.825. The Hall–Kier alpha value is 0.137. The standard InChI is InChI=1S/CH3O2Si/c2-3-1-4/h2H,1H2. The van der Waals surface area contributed by atoms with Gasteiger partial charge in [0, 0.05) is 0 Å². The average molecular weight is 75.1 g/mol. The molecule has 0 fully saturated rings. The van der Waals surface area contributed by atoms with Crippen molar-refractivity contribution >= 4 is 10.2 Å². The Bertz CT molecular complexity index is 8.00. The molecular formula is CH3O2Si. The van der Waals surface area contributed by atoms with Crippen molar-refractivity contribution in [2.24, 2.45) is 0 Å². The van der Waals surface area contributed by atoms with Crippen LogP contribution in [0.5, 0.6) is 0 Å². The van der Waals surface area contributed by atoms with Gasteiger partial charge in [-0.1, -0.05) is 0 Å². The summed E-state index contributed by atoms with van der Waals surface area (Å²) in [5, 5.41) is 7.33. The summed E-state index contributed by atoms with van der Waals surface area (Å²) in [7, 11) is 2.82. The molecular weight excluding hydrogens is 72.1 g/mol. The summed E-state index contributed by atoms with van der Waals surface area (Å²) in [6.45, 7) is 0. The Kier molecular flexibility index (Phi) is 3.24. The van der Waals surface area contributed by atoms with E-state index in [2.05, 4.69) is 15.1 Å². The van der Waals surface area contributed by atoms with Gasteiger partial charge in [-0.05, 0) is 0 Å². The fraction of sp³-hybridized carbons (Fsp3) is 1.00. The van der Waals surface area contributed by atoms with E-state index in [4.69, 9.17) is 5.26 Å². The quantitative estimate of drug-likeness (QED) is 0.261. The van der Waals surface area contributed by atoms with Crippen LogP contribution in [0.4, 0.5) is 0 Å². The van der Waals surface area contributed by atoms with E-state index in [-0.39, 0.29) is 6.23 Å². The van der Waals surface area contributed by atoms with Crippen LogP contribution in [0.3, 0.4) is 0 Å². The van der Waals surface area contributed by atoms with Gasteiger partial charge in [-0.15, -0.1) is 0 Å². The van der Waals surface area contributed by atoms with Gasteiger partial charge in [0.25, 0.3) is 0 Å². The van der Waals surface area contributed by atoms with Gasteiger partial charge in [-0.2, -0.15) is 0 Å². The van der Waals surface area contributed by atoms with Crippen molar-refractivity contribution in [1.29, 1.82) is 0 Å². The second-order valence-electron chi connectivity index (χ2n) is 0.273. The van der Waals surface area contributed by atoms with Crippen molar-refractivity contribution in [1.82, 2.24) is 0 Å². The largest absolute Gasteiger partial charge is 0.252 e. The molecule has 0 aliphatic heterocycles. The second kappa shape index (κ2) is 3.14. The van der Waals surface area contributed by atoms with Crippen LogP contribution in [0, 0.1) is 0 Å². The summed E-state index contributed by atoms with van der Waals surface area (Å²) < 4.78 is 0. The molecule has 1 N–H and O–H groups in total. The summed E-state index contributed by atoms with van der Waals surface area (Å²) >= 11 is 0. The van der Waals surface area contributed by atoms with Crippen LogP contribution in [0.15, 0.2) is 0 Å². The van der Waals surface area contributed by atoms with Gasteiger partial charge in [0.05, 0.1) is 16.5 Å². The SMILES string of the molecule is OOC[Si]. The van der Waals surface area contributed by atoms with Crippen molar-refractivity contribution in [3.63, 3.8) is 0 Å². The maximum atomic E-state index is 7.33. The highest BCUT2D eigenvalue weighted by Gasteiger charge is 1.55. The molecule has 0 amide bonds. The van der Waals surface area contributed by atoms with Gasteiger partial charge in [0.15, 0.2) is 0 Å². The highest BCUT2D eigenvalue weighted by Crippen LogP contribution is 1.43. The molecule has 4 heavy (non-hydrogen) atoms. The predicted molar refractivity (Wildman–Crippen MR) is 14.3 cm³/mol. The van der Waals surface area contributed by atoms with E-state index in [9.17, 15) is 0 Å². The smallest absolute Gasteiger partial charge is 0.0655 e. The van der Waals surface area contributed by atoms with E-state index in [1.165, 1.54) is 0 Å². The van der Waals surface area contributed by atoms with Crippen LogP contribution in [0.25, 0.3) is 0 Å². The predicted octanol–water partition coefficient (Wildman–Crippen LogP) is -0.398. The van der Waals surface area contributed by atoms with Crippen LogP contribution in [-0.2, 0) is 4.89 Å². The van der Waals surface area contributed by atoms with Crippen LogP contribution in [0.2, 0.25) is 0 Å². The van der Waals surface area contributed by atoms with E-state index in [0.29, 0.717) is 0 Å². The molecule has 3 radical (unpaired) electrons. The molecule has 0 atom stereocenters. The maximum absolute atomic E-state index is 7.33. The monoisotopic (exact) mass is 75.0 g/mol. The Labute approximate surface area is 27.7 Å². The molecule has 0 heterocycles. The highest BCUT2D eigenvalue weighted by atomic mass is 28.1. The van der Waals surface area contributed by atoms with Crippen molar-refractivity contribution in [3.8, 4) is 0 Å². The van der Waals surface area contributed by atoms with E-state index in [0.717, 1.165) is 0 Å². The van der Waals surface area contributed by atoms with Crippen molar-refractivity contribution in [2.75, 3.05) is 6.23 Å². The first-order valence-corrected chi connectivity index (χ1v) is 1.53. The summed E-state index contributed by atoms with van der Waals surface area (Å²) in [5.41, 5.74) is 0. The van der Waals surface area contributed by atoms with E-state index < -0.39 is 0 Å². The zero-order chi connectivity index (χ0) is 3.41. The molecule has 2 nitrogen and oxygen atoms in total. The molecule has 0 spiro atoms. The normalized spacial score (nSPS) is 7.50. The lowest BCUT2D eigenvalue weighted by atomic mass is 11.7. The molecule has 3 heteroatoms. The number of rotatable bonds is 1. The molecule has 23 valence electrons. The minimum absolute atomic E-state index is 0.181. The minimum Gasteiger partial charge on any atom is -0.252 e. The lowest BCUT2D eigenvalue weighted by Crippen LogP contribution is -1.82. The first-order chi connectivity index (χ1) is 1.91. The zero-order valence-electron chi connectivity index (χ0n) is 2.06. The van der Waals surface area contributed by atoms with Crippen LogP contribution < -0.4 is 0 Å². The van der Waals surface area contributed by atoms with Gasteiger partial charge < -0.3 is 0 Å². The summed E-state index contributed by atoms with van der Waals surface area (Å²) in [4.78, 5) is 3.46. The second-order valence-corrected chi connectivity index (χ2v) is 0.562. The Morgan fingerprint density at radius 3 is 2.25 bits per heavy atom. The van der Waals surface area contributed by atoms with Gasteiger partial charge in [0.1, 0.15) is 0 Å². The van der Waals surface area contributed by atoms with E-state index in [1.807, 2.05) is 0 Å². The van der Waals surface area contributed by atoms with Crippen molar-refractivity contribution in [3.05, 3.63) is 0 Å². The molecule has 0 aromatic rings. The summed E-state index contributed by atoms with van der Waals surface area (Å²) in [5.74, 6) is 0. The number of hydrogen-bond acceptors (Lipinski definition) is 2. The van der Waals surface area contributed by atoms with Gasteiger partial charge in [-0.3, -0.25) is 5.26 Å². The van der Waals surface area contributed by atoms with Crippen LogP contribution >= 0.6 is 0 Å². The highest BCUT2D eigenvalue weighted by molar-refractivity contribution is 6.08. The fourth-order valence-electron chi connectivity index (χ4n) is 0. The molecule has 0 rings (SSSR count). The third-order valence-electron chi connectivity index (χ3n) is 0.0645. The van der Waals surface area contributed by atoms with Crippen molar-refractivity contribution in [2.45, 2.75) is 0 Å². The van der Waals surface area contributed by atoms with E-state index in [1.54, 1.807) is 0 Å². The fourth-order valence-corrected chi connectivity index (χ4v) is 0. The third-order valence-corrected chi connectivity index (χ3v) is 0.194. The molecule has 0 saturated carbocycles. The number of hydrogen-bond donors (Lipinski definition) is 1. The molecule has 0 bridgehead atoms. The topological polar surface area (TPSA) is 29.5 Å². The molecule has 0 aromatic heterocycles. The summed E-state index contributed by atoms with van der Waals surface area (Å²) in [6.07, 6.45) is 0.181. The summed E-state index contributed by atoms with van der Waals surface area (Å²) in [6, 6.07) is 0. The van der Waals surface area contributed by atoms with Gasteiger partial charge >= 0.3 is 0 Å². The van der Waals surface area contributed by atoms with Gasteiger partial charge in [0.2, 0.25) is 0 Å². The molecule has 0 aliphatic rings. The molecule has 0 saturated heterocycles. The molecule has 0 unspecified atom stereocenters. The third kappa shape index (κ3) is 2.14. The zero-order valence-corrected chi connectivity index (χ0v) is 3.06. The lowest BCUT2D eigenvalue weighted by molar-refractivity contribution is -0.224. The Morgan fingerprint density at radius 1 is 2.00 bits per heavy atom. The van der Waals surface area contributed by atoms with Crippen LogP contribution in [0.1, 0.15) is 0 Å². The van der Waals surface area contributed by atoms with Crippen LogP contribution in [-0.4, -0.2) is 21.7 Å². The van der Waals surface area contributed by atoms with Gasteiger partial charge in [-0.25, -0.2) is 4.89 Å². The average Bonchev–Trinajstić information content (AvgIpc) is 1.37. The van der Waals surface area contributed by atoms with Crippen molar-refractivity contribution < 1.29 is 10.1 Å². The Morgan fingerprint density at radius 2 is 2.25 bits per heavy atom. The first kappa shape index (κ1) is 4.14. The maximum Gasteiger partial charge on any atom is 0.0655 e. The molecule has 0 aromatic carbocycles.